The summed E-state index contributed by atoms with van der Waals surface area (Å²) < 4.78 is 0. The van der Waals surface area contributed by atoms with E-state index in [9.17, 15) is 14.4 Å². The molecule has 3 atom stereocenters. The van der Waals surface area contributed by atoms with Gasteiger partial charge in [0, 0.05) is 0 Å². The highest BCUT2D eigenvalue weighted by atomic mass is 32.2. The normalized spacial score (nSPS) is 15.0. The van der Waals surface area contributed by atoms with E-state index >= 15 is 0 Å². The lowest BCUT2D eigenvalue weighted by molar-refractivity contribution is -0.143. The summed E-state index contributed by atoms with van der Waals surface area (Å²) in [6, 6.07) is -3.05. The Morgan fingerprint density at radius 1 is 1.14 bits per heavy atom. The molecule has 8 nitrogen and oxygen atoms in total. The van der Waals surface area contributed by atoms with Crippen molar-refractivity contribution in [1.82, 2.24) is 10.6 Å². The molecule has 6 N–H and O–H groups in total. The maximum atomic E-state index is 12.1. The molecule has 2 amide bonds. The Hall–Kier alpha value is -1.32. The lowest BCUT2D eigenvalue weighted by Crippen LogP contribution is -2.56. The average molecular weight is 335 g/mol. The van der Waals surface area contributed by atoms with Gasteiger partial charge in [-0.15, -0.1) is 0 Å². The summed E-state index contributed by atoms with van der Waals surface area (Å²) in [5.41, 5.74) is 5.73. The van der Waals surface area contributed by atoms with Crippen molar-refractivity contribution in [3.8, 4) is 0 Å². The number of aliphatic hydroxyl groups excluding tert-OH is 1. The Morgan fingerprint density at radius 3 is 2.09 bits per heavy atom. The molecule has 0 aliphatic heterocycles. The fraction of sp³-hybridized carbons (Fsp3) is 0.769. The number of amides is 2. The first-order valence-corrected chi connectivity index (χ1v) is 8.32. The molecule has 0 saturated heterocycles. The van der Waals surface area contributed by atoms with Gasteiger partial charge >= 0.3 is 5.97 Å². The van der Waals surface area contributed by atoms with E-state index in [0.29, 0.717) is 12.2 Å². The Balaban J connectivity index is 4.84. The number of carboxylic acids is 1. The molecule has 9 heteroatoms. The quantitative estimate of drug-likeness (QED) is 0.336. The first-order valence-electron chi connectivity index (χ1n) is 6.93. The molecular weight excluding hydrogens is 310 g/mol. The molecule has 0 aliphatic carbocycles. The minimum absolute atomic E-state index is 0.0894. The Morgan fingerprint density at radius 2 is 1.68 bits per heavy atom. The van der Waals surface area contributed by atoms with Crippen LogP contribution in [0.4, 0.5) is 0 Å². The number of thioether (sulfide) groups is 1. The highest BCUT2D eigenvalue weighted by Gasteiger charge is 2.28. The predicted molar refractivity (Wildman–Crippen MR) is 84.4 cm³/mol. The maximum Gasteiger partial charge on any atom is 0.328 e. The van der Waals surface area contributed by atoms with Gasteiger partial charge in [0.25, 0.3) is 0 Å². The van der Waals surface area contributed by atoms with Gasteiger partial charge in [-0.25, -0.2) is 4.79 Å². The second kappa shape index (κ2) is 10.4. The van der Waals surface area contributed by atoms with Crippen molar-refractivity contribution in [1.29, 1.82) is 0 Å². The molecule has 0 heterocycles. The summed E-state index contributed by atoms with van der Waals surface area (Å²) in [6.07, 6.45) is 2.19. The fourth-order valence-corrected chi connectivity index (χ4v) is 2.00. The number of rotatable bonds is 10. The Bertz CT molecular complexity index is 392. The number of carbonyl (C=O) groups is 3. The van der Waals surface area contributed by atoms with Gasteiger partial charge in [-0.2, -0.15) is 11.8 Å². The van der Waals surface area contributed by atoms with Gasteiger partial charge in [-0.1, -0.05) is 13.8 Å². The molecule has 0 aromatic carbocycles. The van der Waals surface area contributed by atoms with Crippen LogP contribution in [0.5, 0.6) is 0 Å². The minimum atomic E-state index is -1.40. The largest absolute Gasteiger partial charge is 0.480 e. The zero-order valence-corrected chi connectivity index (χ0v) is 13.9. The molecule has 0 bridgehead atoms. The number of carboxylic acid groups (broad SMARTS) is 1. The molecule has 0 aliphatic rings. The number of hydrogen-bond donors (Lipinski definition) is 5. The van der Waals surface area contributed by atoms with E-state index in [1.165, 1.54) is 11.8 Å². The van der Waals surface area contributed by atoms with Gasteiger partial charge in [-0.05, 0) is 24.3 Å². The molecule has 22 heavy (non-hydrogen) atoms. The van der Waals surface area contributed by atoms with Crippen LogP contribution in [0.2, 0.25) is 0 Å². The molecule has 0 saturated carbocycles. The Kier molecular flexibility index (Phi) is 9.79. The lowest BCUT2D eigenvalue weighted by Gasteiger charge is -2.23. The minimum Gasteiger partial charge on any atom is -0.480 e. The second-order valence-corrected chi connectivity index (χ2v) is 6.18. The second-order valence-electron chi connectivity index (χ2n) is 5.19. The molecule has 0 spiro atoms. The van der Waals surface area contributed by atoms with Crippen LogP contribution in [0, 0.1) is 5.92 Å². The fourth-order valence-electron chi connectivity index (χ4n) is 1.53. The van der Waals surface area contributed by atoms with Crippen LogP contribution < -0.4 is 16.4 Å². The van der Waals surface area contributed by atoms with Crippen molar-refractivity contribution in [2.75, 3.05) is 18.6 Å². The van der Waals surface area contributed by atoms with Gasteiger partial charge in [0.2, 0.25) is 11.8 Å². The molecular formula is C13H25N3O5S. The highest BCUT2D eigenvalue weighted by Crippen LogP contribution is 2.04. The maximum absolute atomic E-state index is 12.1. The first-order chi connectivity index (χ1) is 10.2. The van der Waals surface area contributed by atoms with Crippen molar-refractivity contribution in [3.05, 3.63) is 0 Å². The van der Waals surface area contributed by atoms with E-state index in [2.05, 4.69) is 10.6 Å². The van der Waals surface area contributed by atoms with E-state index in [-0.39, 0.29) is 5.92 Å². The predicted octanol–water partition coefficient (Wildman–Crippen LogP) is -1.23. The summed E-state index contributed by atoms with van der Waals surface area (Å²) in [6.45, 7) is 2.84. The molecule has 0 aromatic heterocycles. The smallest absolute Gasteiger partial charge is 0.328 e. The van der Waals surface area contributed by atoms with Gasteiger partial charge in [-0.3, -0.25) is 9.59 Å². The summed E-state index contributed by atoms with van der Waals surface area (Å²) in [5, 5.41) is 22.5. The topological polar surface area (TPSA) is 142 Å². The van der Waals surface area contributed by atoms with Crippen LogP contribution in [0.1, 0.15) is 20.3 Å². The molecule has 0 aromatic rings. The first kappa shape index (κ1) is 20.7. The number of aliphatic carboxylic acids is 1. The van der Waals surface area contributed by atoms with Crippen LogP contribution in [-0.2, 0) is 14.4 Å². The third kappa shape index (κ3) is 7.10. The number of aliphatic hydroxyl groups is 1. The van der Waals surface area contributed by atoms with Crippen molar-refractivity contribution in [2.24, 2.45) is 11.7 Å². The molecule has 128 valence electrons. The summed E-state index contributed by atoms with van der Waals surface area (Å²) >= 11 is 1.49. The van der Waals surface area contributed by atoms with Crippen LogP contribution in [-0.4, -0.2) is 64.7 Å². The summed E-state index contributed by atoms with van der Waals surface area (Å²) in [7, 11) is 0. The number of nitrogens with one attached hydrogen (secondary N) is 2. The third-order valence-electron chi connectivity index (χ3n) is 3.06. The SMILES string of the molecule is CSCC[C@H](NC(=O)[C@@H](N)C(C)C)C(=O)N[C@@H](CO)C(=O)O. The van der Waals surface area contributed by atoms with Gasteiger partial charge < -0.3 is 26.6 Å². The zero-order valence-electron chi connectivity index (χ0n) is 13.0. The standard InChI is InChI=1S/C13H25N3O5S/c1-7(2)10(14)12(19)15-8(4-5-22-3)11(18)16-9(6-17)13(20)21/h7-10,17H,4-6,14H2,1-3H3,(H,15,19)(H,16,18)(H,20,21)/t8-,9-,10-/m0/s1. The zero-order chi connectivity index (χ0) is 17.3. The summed E-state index contributed by atoms with van der Waals surface area (Å²) in [5.74, 6) is -1.95. The van der Waals surface area contributed by atoms with E-state index in [1.807, 2.05) is 6.26 Å². The average Bonchev–Trinajstić information content (AvgIpc) is 2.46. The van der Waals surface area contributed by atoms with Crippen molar-refractivity contribution in [3.63, 3.8) is 0 Å². The molecule has 0 radical (unpaired) electrons. The van der Waals surface area contributed by atoms with Gasteiger partial charge in [0.1, 0.15) is 12.1 Å². The monoisotopic (exact) mass is 335 g/mol. The van der Waals surface area contributed by atoms with Crippen molar-refractivity contribution >= 4 is 29.5 Å². The Labute approximate surface area is 134 Å². The van der Waals surface area contributed by atoms with E-state index in [4.69, 9.17) is 15.9 Å². The van der Waals surface area contributed by atoms with Gasteiger partial charge in [0.15, 0.2) is 0 Å². The number of carbonyl (C=O) groups excluding carboxylic acids is 2. The van der Waals surface area contributed by atoms with E-state index in [0.717, 1.165) is 0 Å². The summed E-state index contributed by atoms with van der Waals surface area (Å²) in [4.78, 5) is 34.9. The van der Waals surface area contributed by atoms with Crippen LogP contribution in [0.25, 0.3) is 0 Å². The van der Waals surface area contributed by atoms with E-state index < -0.39 is 42.5 Å². The lowest BCUT2D eigenvalue weighted by atomic mass is 10.0. The van der Waals surface area contributed by atoms with Crippen LogP contribution in [0.3, 0.4) is 0 Å². The molecule has 0 unspecified atom stereocenters. The third-order valence-corrected chi connectivity index (χ3v) is 3.71. The highest BCUT2D eigenvalue weighted by molar-refractivity contribution is 7.98. The number of nitrogens with two attached hydrogens (primary N) is 1. The molecule has 0 fully saturated rings. The molecule has 0 rings (SSSR count). The van der Waals surface area contributed by atoms with Crippen LogP contribution >= 0.6 is 11.8 Å². The number of hydrogen-bond acceptors (Lipinski definition) is 6. The van der Waals surface area contributed by atoms with Gasteiger partial charge in [0.05, 0.1) is 12.6 Å². The van der Waals surface area contributed by atoms with Crippen molar-refractivity contribution in [2.45, 2.75) is 38.4 Å². The van der Waals surface area contributed by atoms with Crippen molar-refractivity contribution < 1.29 is 24.6 Å². The van der Waals surface area contributed by atoms with Crippen LogP contribution in [0.15, 0.2) is 0 Å². The van der Waals surface area contributed by atoms with E-state index in [1.54, 1.807) is 13.8 Å².